The molecule has 21 heavy (non-hydrogen) atoms. The van der Waals surface area contributed by atoms with E-state index in [0.29, 0.717) is 23.4 Å². The van der Waals surface area contributed by atoms with Crippen LogP contribution in [0, 0.1) is 12.3 Å². The molecule has 0 aliphatic heterocycles. The number of carbonyl (C=O) groups is 1. The van der Waals surface area contributed by atoms with Crippen molar-refractivity contribution >= 4 is 17.3 Å². The van der Waals surface area contributed by atoms with Crippen molar-refractivity contribution < 1.29 is 15.0 Å². The van der Waals surface area contributed by atoms with Crippen LogP contribution in [0.3, 0.4) is 0 Å². The Morgan fingerprint density at radius 1 is 1.33 bits per heavy atom. The first-order chi connectivity index (χ1) is 9.71. The van der Waals surface area contributed by atoms with Gasteiger partial charge in [0.25, 0.3) is 0 Å². The summed E-state index contributed by atoms with van der Waals surface area (Å²) in [6.45, 7) is 7.62. The lowest BCUT2D eigenvalue weighted by atomic mass is 9.71. The number of nitrogens with one attached hydrogen (secondary N) is 1. The minimum absolute atomic E-state index is 0.340. The zero-order valence-electron chi connectivity index (χ0n) is 13.0. The monoisotopic (exact) mass is 311 g/mol. The van der Waals surface area contributed by atoms with E-state index in [4.69, 9.17) is 5.11 Å². The van der Waals surface area contributed by atoms with Gasteiger partial charge in [0.15, 0.2) is 0 Å². The molecule has 0 radical (unpaired) electrons. The summed E-state index contributed by atoms with van der Waals surface area (Å²) in [7, 11) is 0. The SMILES string of the molecule is Cc1sc(C(=O)O)cc1CNCC1(O)CCC(C)(C)CC1. The van der Waals surface area contributed by atoms with Gasteiger partial charge in [0, 0.05) is 18.0 Å². The molecule has 1 saturated carbocycles. The van der Waals surface area contributed by atoms with Crippen LogP contribution in [0.1, 0.15) is 59.6 Å². The maximum absolute atomic E-state index is 10.9. The van der Waals surface area contributed by atoms with Crippen LogP contribution >= 0.6 is 11.3 Å². The number of aliphatic hydroxyl groups is 1. The number of carboxylic acid groups (broad SMARTS) is 1. The first-order valence-corrected chi connectivity index (χ1v) is 8.28. The van der Waals surface area contributed by atoms with Crippen molar-refractivity contribution in [2.75, 3.05) is 6.54 Å². The molecule has 0 unspecified atom stereocenters. The lowest BCUT2D eigenvalue weighted by Gasteiger charge is -2.40. The molecule has 3 N–H and O–H groups in total. The summed E-state index contributed by atoms with van der Waals surface area (Å²) in [5, 5.41) is 22.9. The van der Waals surface area contributed by atoms with Gasteiger partial charge in [-0.1, -0.05) is 13.8 Å². The normalized spacial score (nSPS) is 20.4. The summed E-state index contributed by atoms with van der Waals surface area (Å²) in [4.78, 5) is 12.4. The quantitative estimate of drug-likeness (QED) is 0.781. The molecule has 1 aliphatic carbocycles. The molecule has 0 spiro atoms. The molecular formula is C16H25NO3S. The zero-order valence-corrected chi connectivity index (χ0v) is 13.8. The van der Waals surface area contributed by atoms with E-state index in [-0.39, 0.29) is 0 Å². The fourth-order valence-corrected chi connectivity index (χ4v) is 3.68. The maximum Gasteiger partial charge on any atom is 0.345 e. The van der Waals surface area contributed by atoms with Crippen molar-refractivity contribution in [3.05, 3.63) is 21.4 Å². The molecule has 0 saturated heterocycles. The molecular weight excluding hydrogens is 286 g/mol. The zero-order chi connectivity index (χ0) is 15.7. The fourth-order valence-electron chi connectivity index (χ4n) is 2.80. The molecule has 1 aliphatic rings. The predicted octanol–water partition coefficient (Wildman–Crippen LogP) is 3.18. The standard InChI is InChI=1S/C16H25NO3S/c1-11-12(8-13(21-11)14(18)19)9-17-10-16(20)6-4-15(2,3)5-7-16/h8,17,20H,4-7,9-10H2,1-3H3,(H,18,19). The van der Waals surface area contributed by atoms with Crippen LogP contribution in [0.25, 0.3) is 0 Å². The topological polar surface area (TPSA) is 69.6 Å². The van der Waals surface area contributed by atoms with Gasteiger partial charge < -0.3 is 15.5 Å². The molecule has 0 atom stereocenters. The van der Waals surface area contributed by atoms with Gasteiger partial charge in [-0.15, -0.1) is 11.3 Å². The third-order valence-corrected chi connectivity index (χ3v) is 5.62. The third-order valence-electron chi connectivity index (χ3n) is 4.54. The van der Waals surface area contributed by atoms with E-state index in [2.05, 4.69) is 19.2 Å². The molecule has 0 aromatic carbocycles. The first-order valence-electron chi connectivity index (χ1n) is 7.47. The second kappa shape index (κ2) is 6.07. The van der Waals surface area contributed by atoms with Gasteiger partial charge >= 0.3 is 5.97 Å². The van der Waals surface area contributed by atoms with Crippen LogP contribution in [0.4, 0.5) is 0 Å². The summed E-state index contributed by atoms with van der Waals surface area (Å²) in [6.07, 6.45) is 3.75. The van der Waals surface area contributed by atoms with Gasteiger partial charge in [0.05, 0.1) is 5.60 Å². The summed E-state index contributed by atoms with van der Waals surface area (Å²) in [6, 6.07) is 1.73. The number of hydrogen-bond donors (Lipinski definition) is 3. The van der Waals surface area contributed by atoms with Gasteiger partial charge in [0.2, 0.25) is 0 Å². The number of rotatable bonds is 5. The van der Waals surface area contributed by atoms with Gasteiger partial charge in [-0.2, -0.15) is 0 Å². The molecule has 1 fully saturated rings. The maximum atomic E-state index is 10.9. The number of hydrogen-bond acceptors (Lipinski definition) is 4. The van der Waals surface area contributed by atoms with Crippen LogP contribution in [0.5, 0.6) is 0 Å². The Labute approximate surface area is 130 Å². The Hall–Kier alpha value is -0.910. The van der Waals surface area contributed by atoms with E-state index in [1.54, 1.807) is 6.07 Å². The molecule has 1 aromatic heterocycles. The number of thiophene rings is 1. The lowest BCUT2D eigenvalue weighted by molar-refractivity contribution is -0.0245. The van der Waals surface area contributed by atoms with Crippen LogP contribution in [-0.4, -0.2) is 28.3 Å². The molecule has 0 amide bonds. The second-order valence-electron chi connectivity index (χ2n) is 6.99. The molecule has 0 bridgehead atoms. The first kappa shape index (κ1) is 16.5. The highest BCUT2D eigenvalue weighted by Gasteiger charge is 2.36. The van der Waals surface area contributed by atoms with Gasteiger partial charge in [0.1, 0.15) is 4.88 Å². The van der Waals surface area contributed by atoms with Crippen molar-refractivity contribution in [1.29, 1.82) is 0 Å². The van der Waals surface area contributed by atoms with E-state index in [1.807, 2.05) is 6.92 Å². The number of carboxylic acids is 1. The Kier molecular flexibility index (Phi) is 4.76. The smallest absolute Gasteiger partial charge is 0.345 e. The van der Waals surface area contributed by atoms with Crippen LogP contribution in [-0.2, 0) is 6.54 Å². The Morgan fingerprint density at radius 2 is 1.95 bits per heavy atom. The van der Waals surface area contributed by atoms with Gasteiger partial charge in [-0.05, 0) is 49.7 Å². The summed E-state index contributed by atoms with van der Waals surface area (Å²) in [5.41, 5.74) is 0.735. The van der Waals surface area contributed by atoms with Crippen molar-refractivity contribution in [2.24, 2.45) is 5.41 Å². The number of aryl methyl sites for hydroxylation is 1. The lowest BCUT2D eigenvalue weighted by Crippen LogP contribution is -2.44. The molecule has 118 valence electrons. The largest absolute Gasteiger partial charge is 0.477 e. The summed E-state index contributed by atoms with van der Waals surface area (Å²) in [5.74, 6) is -0.873. The predicted molar refractivity (Wildman–Crippen MR) is 84.9 cm³/mol. The molecule has 4 nitrogen and oxygen atoms in total. The van der Waals surface area contributed by atoms with E-state index in [9.17, 15) is 9.90 Å². The minimum atomic E-state index is -0.873. The molecule has 2 rings (SSSR count). The highest BCUT2D eigenvalue weighted by atomic mass is 32.1. The van der Waals surface area contributed by atoms with Crippen LogP contribution < -0.4 is 5.32 Å². The van der Waals surface area contributed by atoms with Crippen molar-refractivity contribution in [3.8, 4) is 0 Å². The fraction of sp³-hybridized carbons (Fsp3) is 0.688. The van der Waals surface area contributed by atoms with E-state index in [1.165, 1.54) is 11.3 Å². The van der Waals surface area contributed by atoms with E-state index in [0.717, 1.165) is 36.1 Å². The average molecular weight is 311 g/mol. The molecule has 1 aromatic rings. The molecule has 5 heteroatoms. The minimum Gasteiger partial charge on any atom is -0.477 e. The highest BCUT2D eigenvalue weighted by molar-refractivity contribution is 7.14. The van der Waals surface area contributed by atoms with Gasteiger partial charge in [-0.25, -0.2) is 4.79 Å². The van der Waals surface area contributed by atoms with Gasteiger partial charge in [-0.3, -0.25) is 0 Å². The van der Waals surface area contributed by atoms with Crippen molar-refractivity contribution in [3.63, 3.8) is 0 Å². The van der Waals surface area contributed by atoms with E-state index < -0.39 is 11.6 Å². The molecule has 1 heterocycles. The number of aromatic carboxylic acids is 1. The van der Waals surface area contributed by atoms with Crippen LogP contribution in [0.15, 0.2) is 6.07 Å². The Morgan fingerprint density at radius 3 is 2.48 bits per heavy atom. The van der Waals surface area contributed by atoms with Crippen molar-refractivity contribution in [2.45, 2.75) is 58.6 Å². The highest BCUT2D eigenvalue weighted by Crippen LogP contribution is 2.39. The van der Waals surface area contributed by atoms with Crippen molar-refractivity contribution in [1.82, 2.24) is 5.32 Å². The Balaban J connectivity index is 1.86. The summed E-state index contributed by atoms with van der Waals surface area (Å²) < 4.78 is 0. The third kappa shape index (κ3) is 4.28. The summed E-state index contributed by atoms with van der Waals surface area (Å²) >= 11 is 1.31. The van der Waals surface area contributed by atoms with Crippen LogP contribution in [0.2, 0.25) is 0 Å². The average Bonchev–Trinajstić information content (AvgIpc) is 2.76. The van der Waals surface area contributed by atoms with E-state index >= 15 is 0 Å². The Bertz CT molecular complexity index is 512. The second-order valence-corrected chi connectivity index (χ2v) is 8.25.